The highest BCUT2D eigenvalue weighted by Crippen LogP contribution is 2.31. The van der Waals surface area contributed by atoms with E-state index in [4.69, 9.17) is 16.3 Å². The molecule has 0 saturated heterocycles. The van der Waals surface area contributed by atoms with E-state index in [0.29, 0.717) is 27.8 Å². The summed E-state index contributed by atoms with van der Waals surface area (Å²) >= 11 is 6.05. The lowest BCUT2D eigenvalue weighted by atomic mass is 10.2. The van der Waals surface area contributed by atoms with Gasteiger partial charge in [-0.05, 0) is 30.7 Å². The Balaban J connectivity index is 2.28. The van der Waals surface area contributed by atoms with Gasteiger partial charge in [0.15, 0.2) is 0 Å². The number of nitrogens with zero attached hydrogens (tertiary/aromatic N) is 1. The zero-order chi connectivity index (χ0) is 15.4. The van der Waals surface area contributed by atoms with E-state index in [-0.39, 0.29) is 5.91 Å². The molecule has 1 heterocycles. The summed E-state index contributed by atoms with van der Waals surface area (Å²) in [7, 11) is 3.28. The average molecular weight is 306 g/mol. The molecule has 2 N–H and O–H groups in total. The van der Waals surface area contributed by atoms with Gasteiger partial charge in [0, 0.05) is 29.9 Å². The van der Waals surface area contributed by atoms with Gasteiger partial charge in [0.05, 0.1) is 12.8 Å². The van der Waals surface area contributed by atoms with Gasteiger partial charge >= 0.3 is 0 Å². The molecular formula is C15H16ClN3O2. The third-order valence-corrected chi connectivity index (χ3v) is 3.41. The number of anilines is 2. The normalized spacial score (nSPS) is 10.1. The number of halogens is 1. The highest BCUT2D eigenvalue weighted by Gasteiger charge is 2.12. The predicted octanol–water partition coefficient (Wildman–Crippen LogP) is 3.35. The Hall–Kier alpha value is -2.27. The third kappa shape index (κ3) is 3.44. The topological polar surface area (TPSA) is 63.2 Å². The van der Waals surface area contributed by atoms with Crippen LogP contribution in [0, 0.1) is 6.92 Å². The highest BCUT2D eigenvalue weighted by molar-refractivity contribution is 6.31. The lowest BCUT2D eigenvalue weighted by Gasteiger charge is -2.12. The Morgan fingerprint density at radius 3 is 2.76 bits per heavy atom. The number of hydrogen-bond donors (Lipinski definition) is 2. The maximum atomic E-state index is 12.3. The van der Waals surface area contributed by atoms with Crippen LogP contribution in [0.5, 0.6) is 5.75 Å². The van der Waals surface area contributed by atoms with Crippen LogP contribution in [0.15, 0.2) is 30.5 Å². The summed E-state index contributed by atoms with van der Waals surface area (Å²) in [6, 6.07) is 6.77. The van der Waals surface area contributed by atoms with Crippen molar-refractivity contribution in [1.82, 2.24) is 4.98 Å². The molecule has 0 saturated carbocycles. The number of hydrogen-bond acceptors (Lipinski definition) is 4. The van der Waals surface area contributed by atoms with Crippen LogP contribution < -0.4 is 15.4 Å². The molecule has 0 atom stereocenters. The summed E-state index contributed by atoms with van der Waals surface area (Å²) in [6.45, 7) is 1.86. The summed E-state index contributed by atoms with van der Waals surface area (Å²) in [6.07, 6.45) is 1.57. The number of carbonyl (C=O) groups excluding carboxylic acids is 1. The Morgan fingerprint density at radius 2 is 2.10 bits per heavy atom. The van der Waals surface area contributed by atoms with E-state index in [1.165, 1.54) is 7.11 Å². The molecule has 1 aromatic carbocycles. The molecule has 21 heavy (non-hydrogen) atoms. The summed E-state index contributed by atoms with van der Waals surface area (Å²) in [4.78, 5) is 16.4. The highest BCUT2D eigenvalue weighted by atomic mass is 35.5. The van der Waals surface area contributed by atoms with Crippen LogP contribution in [0.25, 0.3) is 0 Å². The van der Waals surface area contributed by atoms with Crippen LogP contribution in [-0.4, -0.2) is 25.0 Å². The predicted molar refractivity (Wildman–Crippen MR) is 84.5 cm³/mol. The summed E-state index contributed by atoms with van der Waals surface area (Å²) in [5.74, 6) is 0.901. The Kier molecular flexibility index (Phi) is 4.65. The van der Waals surface area contributed by atoms with Crippen molar-refractivity contribution in [2.24, 2.45) is 0 Å². The van der Waals surface area contributed by atoms with Crippen LogP contribution >= 0.6 is 11.6 Å². The van der Waals surface area contributed by atoms with Gasteiger partial charge in [-0.1, -0.05) is 11.6 Å². The van der Waals surface area contributed by atoms with Gasteiger partial charge in [0.25, 0.3) is 5.91 Å². The molecule has 0 aliphatic heterocycles. The van der Waals surface area contributed by atoms with Crippen molar-refractivity contribution in [1.29, 1.82) is 0 Å². The maximum absolute atomic E-state index is 12.3. The molecule has 0 bridgehead atoms. The van der Waals surface area contributed by atoms with Crippen LogP contribution in [0.4, 0.5) is 11.5 Å². The van der Waals surface area contributed by atoms with Crippen LogP contribution in [0.1, 0.15) is 15.9 Å². The lowest BCUT2D eigenvalue weighted by Crippen LogP contribution is -2.13. The third-order valence-electron chi connectivity index (χ3n) is 3.01. The molecule has 0 radical (unpaired) electrons. The van der Waals surface area contributed by atoms with Gasteiger partial charge in [-0.3, -0.25) is 4.79 Å². The molecule has 0 aliphatic rings. The molecule has 6 heteroatoms. The molecular weight excluding hydrogens is 290 g/mol. The number of amides is 1. The fraction of sp³-hybridized carbons (Fsp3) is 0.200. The molecule has 2 aromatic rings. The van der Waals surface area contributed by atoms with Crippen molar-refractivity contribution in [3.63, 3.8) is 0 Å². The first-order valence-corrected chi connectivity index (χ1v) is 6.72. The van der Waals surface area contributed by atoms with Crippen molar-refractivity contribution in [3.05, 3.63) is 46.6 Å². The fourth-order valence-electron chi connectivity index (χ4n) is 1.83. The zero-order valence-corrected chi connectivity index (χ0v) is 12.8. The first-order valence-electron chi connectivity index (χ1n) is 6.34. The molecule has 110 valence electrons. The average Bonchev–Trinajstić information content (AvgIpc) is 2.50. The molecule has 0 spiro atoms. The number of nitrogens with one attached hydrogen (secondary N) is 2. The summed E-state index contributed by atoms with van der Waals surface area (Å²) in [5, 5.41) is 6.30. The summed E-state index contributed by atoms with van der Waals surface area (Å²) in [5.41, 5.74) is 1.94. The number of aryl methyl sites for hydroxylation is 1. The molecule has 0 unspecified atom stereocenters. The van der Waals surface area contributed by atoms with E-state index in [1.807, 2.05) is 6.92 Å². The molecule has 2 rings (SSSR count). The second-order valence-electron chi connectivity index (χ2n) is 4.44. The smallest absolute Gasteiger partial charge is 0.255 e. The lowest BCUT2D eigenvalue weighted by molar-refractivity contribution is 0.102. The van der Waals surface area contributed by atoms with E-state index >= 15 is 0 Å². The first kappa shape index (κ1) is 15.1. The second-order valence-corrected chi connectivity index (χ2v) is 4.84. The number of rotatable bonds is 4. The fourth-order valence-corrected chi connectivity index (χ4v) is 1.99. The molecule has 0 aliphatic carbocycles. The van der Waals surface area contributed by atoms with E-state index in [9.17, 15) is 4.79 Å². The van der Waals surface area contributed by atoms with Gasteiger partial charge in [-0.15, -0.1) is 0 Å². The number of pyridine rings is 1. The minimum atomic E-state index is -0.242. The zero-order valence-electron chi connectivity index (χ0n) is 12.0. The van der Waals surface area contributed by atoms with E-state index in [1.54, 1.807) is 37.5 Å². The quantitative estimate of drug-likeness (QED) is 0.909. The van der Waals surface area contributed by atoms with Crippen LogP contribution in [0.3, 0.4) is 0 Å². The number of carbonyl (C=O) groups is 1. The van der Waals surface area contributed by atoms with Crippen molar-refractivity contribution in [3.8, 4) is 5.75 Å². The van der Waals surface area contributed by atoms with Gasteiger partial charge in [0.2, 0.25) is 0 Å². The Bertz CT molecular complexity index is 674. The minimum Gasteiger partial charge on any atom is -0.495 e. The molecule has 1 aromatic heterocycles. The maximum Gasteiger partial charge on any atom is 0.255 e. The standard InChI is InChI=1S/C15H16ClN3O2/c1-9-6-12(13(21-3)8-11(9)16)19-15(20)10-4-5-18-14(7-10)17-2/h4-8H,1-3H3,(H,17,18)(H,19,20). The molecule has 5 nitrogen and oxygen atoms in total. The van der Waals surface area contributed by atoms with Crippen LogP contribution in [0.2, 0.25) is 5.02 Å². The van der Waals surface area contributed by atoms with Gasteiger partial charge in [-0.2, -0.15) is 0 Å². The van der Waals surface area contributed by atoms with E-state index in [0.717, 1.165) is 5.56 Å². The van der Waals surface area contributed by atoms with Crippen molar-refractivity contribution < 1.29 is 9.53 Å². The Morgan fingerprint density at radius 1 is 1.33 bits per heavy atom. The number of benzene rings is 1. The van der Waals surface area contributed by atoms with Crippen molar-refractivity contribution in [2.75, 3.05) is 24.8 Å². The first-order chi connectivity index (χ1) is 10.0. The monoisotopic (exact) mass is 305 g/mol. The van der Waals surface area contributed by atoms with Gasteiger partial charge < -0.3 is 15.4 Å². The van der Waals surface area contributed by atoms with E-state index in [2.05, 4.69) is 15.6 Å². The van der Waals surface area contributed by atoms with E-state index < -0.39 is 0 Å². The summed E-state index contributed by atoms with van der Waals surface area (Å²) < 4.78 is 5.24. The SMILES string of the molecule is CNc1cc(C(=O)Nc2cc(C)c(Cl)cc2OC)ccn1. The van der Waals surface area contributed by atoms with Gasteiger partial charge in [0.1, 0.15) is 11.6 Å². The van der Waals surface area contributed by atoms with Gasteiger partial charge in [-0.25, -0.2) is 4.98 Å². The largest absolute Gasteiger partial charge is 0.495 e. The molecule has 1 amide bonds. The molecule has 0 fully saturated rings. The van der Waals surface area contributed by atoms with Crippen molar-refractivity contribution >= 4 is 29.0 Å². The minimum absolute atomic E-state index is 0.242. The number of aromatic nitrogens is 1. The second kappa shape index (κ2) is 6.45. The number of methoxy groups -OCH3 is 1. The Labute approximate surface area is 128 Å². The number of ether oxygens (including phenoxy) is 1. The van der Waals surface area contributed by atoms with Crippen LogP contribution in [-0.2, 0) is 0 Å². The van der Waals surface area contributed by atoms with Crippen molar-refractivity contribution in [2.45, 2.75) is 6.92 Å².